The molecule has 0 heteroatoms. The third kappa shape index (κ3) is 5.66. The van der Waals surface area contributed by atoms with Gasteiger partial charge in [-0.25, -0.2) is 0 Å². The largest absolute Gasteiger partial charge is 0.0654 e. The molecule has 0 heterocycles. The first kappa shape index (κ1) is 33.6. The third-order valence-corrected chi connectivity index (χ3v) is 12.4. The fraction of sp³-hybridized carbons (Fsp3) is 0.245. The van der Waals surface area contributed by atoms with Gasteiger partial charge in [0.25, 0.3) is 0 Å². The third-order valence-electron chi connectivity index (χ3n) is 12.4. The molecule has 9 rings (SSSR count). The lowest BCUT2D eigenvalue weighted by Crippen LogP contribution is -2.31. The van der Waals surface area contributed by atoms with Crippen LogP contribution >= 0.6 is 0 Å². The van der Waals surface area contributed by atoms with Gasteiger partial charge in [0.05, 0.1) is 0 Å². The van der Waals surface area contributed by atoms with Crippen LogP contribution in [0.1, 0.15) is 89.2 Å². The Morgan fingerprint density at radius 3 is 1.40 bits per heavy atom. The van der Waals surface area contributed by atoms with Crippen molar-refractivity contribution < 1.29 is 0 Å². The first-order chi connectivity index (χ1) is 26.2. The smallest absolute Gasteiger partial charge is 0.0215 e. The molecule has 0 aliphatic heterocycles. The molecule has 1 aliphatic rings. The standard InChI is InChI=1S/C53H50/c1-3-5-7-20-32-53(33-21-8-6-4-2)48-29-19-18-28-40(48)46-35-47-44(38-24-14-10-15-25-38)34-43(37-22-12-9-13-23-37)41-30-31-42-45(39-26-16-11-17-27-39)36-49(53)51(46)52(42)50(41)47/h9-19,22-31,34-36H,3-8,20-21,32-33H2,1-2H3. The van der Waals surface area contributed by atoms with E-state index in [9.17, 15) is 0 Å². The monoisotopic (exact) mass is 686 g/mol. The first-order valence-electron chi connectivity index (χ1n) is 20.3. The van der Waals surface area contributed by atoms with Crippen molar-refractivity contribution in [2.75, 3.05) is 0 Å². The van der Waals surface area contributed by atoms with E-state index in [2.05, 4.69) is 159 Å². The quantitative estimate of drug-likeness (QED) is 0.0836. The van der Waals surface area contributed by atoms with Crippen LogP contribution in [0.2, 0.25) is 0 Å². The SMILES string of the molecule is CCCCCCC1(CCCCCC)c2ccccc2-c2cc3c(-c4ccccc4)cc(-c4ccccc4)c4ccc5c(-c6ccccc6)cc1c2c5c43. The molecule has 0 nitrogen and oxygen atoms in total. The Balaban J connectivity index is 1.47. The minimum atomic E-state index is -0.0402. The summed E-state index contributed by atoms with van der Waals surface area (Å²) < 4.78 is 0. The van der Waals surface area contributed by atoms with Crippen molar-refractivity contribution >= 4 is 32.3 Å². The molecule has 1 aliphatic carbocycles. The Bertz CT molecular complexity index is 2490. The van der Waals surface area contributed by atoms with Gasteiger partial charge in [-0.15, -0.1) is 0 Å². The van der Waals surface area contributed by atoms with E-state index in [1.54, 1.807) is 11.1 Å². The molecule has 0 saturated carbocycles. The average molecular weight is 687 g/mol. The minimum Gasteiger partial charge on any atom is -0.0654 e. The van der Waals surface area contributed by atoms with Gasteiger partial charge in [-0.05, 0) is 119 Å². The number of benzene rings is 8. The highest BCUT2D eigenvalue weighted by Crippen LogP contribution is 2.58. The van der Waals surface area contributed by atoms with Crippen LogP contribution in [0.5, 0.6) is 0 Å². The van der Waals surface area contributed by atoms with Crippen LogP contribution < -0.4 is 0 Å². The zero-order chi connectivity index (χ0) is 35.8. The van der Waals surface area contributed by atoms with Crippen molar-refractivity contribution in [2.24, 2.45) is 0 Å². The maximum absolute atomic E-state index is 2.66. The fourth-order valence-electron chi connectivity index (χ4n) is 9.91. The van der Waals surface area contributed by atoms with Crippen molar-refractivity contribution in [1.29, 1.82) is 0 Å². The number of unbranched alkanes of at least 4 members (excludes halogenated alkanes) is 6. The van der Waals surface area contributed by atoms with Gasteiger partial charge >= 0.3 is 0 Å². The molecule has 0 fully saturated rings. The number of fused-ring (bicyclic) bond motifs is 2. The topological polar surface area (TPSA) is 0 Å². The highest BCUT2D eigenvalue weighted by molar-refractivity contribution is 6.33. The van der Waals surface area contributed by atoms with Gasteiger partial charge in [0.2, 0.25) is 0 Å². The summed E-state index contributed by atoms with van der Waals surface area (Å²) >= 11 is 0. The maximum atomic E-state index is 2.66. The second kappa shape index (κ2) is 14.3. The lowest BCUT2D eigenvalue weighted by molar-refractivity contribution is 0.395. The van der Waals surface area contributed by atoms with Crippen molar-refractivity contribution in [3.05, 3.63) is 157 Å². The predicted molar refractivity (Wildman–Crippen MR) is 230 cm³/mol. The maximum Gasteiger partial charge on any atom is 0.0215 e. The Labute approximate surface area is 315 Å². The lowest BCUT2D eigenvalue weighted by atomic mass is 9.60. The van der Waals surface area contributed by atoms with Gasteiger partial charge in [0.15, 0.2) is 0 Å². The second-order valence-electron chi connectivity index (χ2n) is 15.5. The normalized spacial score (nSPS) is 13.2. The molecule has 262 valence electrons. The van der Waals surface area contributed by atoms with Crippen LogP contribution in [-0.2, 0) is 5.41 Å². The average Bonchev–Trinajstić information content (AvgIpc) is 3.22. The Kier molecular flexibility index (Phi) is 9.08. The lowest BCUT2D eigenvalue weighted by Gasteiger charge is -2.42. The zero-order valence-electron chi connectivity index (χ0n) is 31.4. The van der Waals surface area contributed by atoms with Crippen LogP contribution in [0, 0.1) is 0 Å². The van der Waals surface area contributed by atoms with E-state index in [-0.39, 0.29) is 5.41 Å². The van der Waals surface area contributed by atoms with Gasteiger partial charge in [-0.1, -0.05) is 193 Å². The van der Waals surface area contributed by atoms with E-state index < -0.39 is 0 Å². The highest BCUT2D eigenvalue weighted by Gasteiger charge is 2.41. The van der Waals surface area contributed by atoms with E-state index in [1.165, 1.54) is 141 Å². The molecule has 53 heavy (non-hydrogen) atoms. The van der Waals surface area contributed by atoms with Gasteiger partial charge in [-0.3, -0.25) is 0 Å². The molecule has 0 spiro atoms. The summed E-state index contributed by atoms with van der Waals surface area (Å²) in [6, 6.07) is 55.5. The van der Waals surface area contributed by atoms with Crippen molar-refractivity contribution in [2.45, 2.75) is 83.5 Å². The number of rotatable bonds is 13. The second-order valence-corrected chi connectivity index (χ2v) is 15.5. The minimum absolute atomic E-state index is 0.0402. The molecule has 0 amide bonds. The Morgan fingerprint density at radius 1 is 0.340 bits per heavy atom. The molecule has 0 N–H and O–H groups in total. The van der Waals surface area contributed by atoms with Gasteiger partial charge in [0, 0.05) is 5.41 Å². The van der Waals surface area contributed by atoms with Crippen molar-refractivity contribution in [1.82, 2.24) is 0 Å². The van der Waals surface area contributed by atoms with E-state index >= 15 is 0 Å². The molecular formula is C53H50. The molecule has 0 unspecified atom stereocenters. The molecule has 8 aromatic carbocycles. The Morgan fingerprint density at radius 2 is 0.830 bits per heavy atom. The van der Waals surface area contributed by atoms with E-state index in [1.807, 2.05) is 0 Å². The summed E-state index contributed by atoms with van der Waals surface area (Å²) in [4.78, 5) is 0. The summed E-state index contributed by atoms with van der Waals surface area (Å²) in [5, 5.41) is 8.41. The Hall–Kier alpha value is -5.20. The van der Waals surface area contributed by atoms with Crippen LogP contribution in [0.25, 0.3) is 76.8 Å². The number of hydrogen-bond acceptors (Lipinski definition) is 0. The zero-order valence-corrected chi connectivity index (χ0v) is 31.4. The molecule has 0 aromatic heterocycles. The fourth-order valence-corrected chi connectivity index (χ4v) is 9.91. The van der Waals surface area contributed by atoms with Gasteiger partial charge in [0.1, 0.15) is 0 Å². The molecule has 0 atom stereocenters. The van der Waals surface area contributed by atoms with Crippen molar-refractivity contribution in [3.8, 4) is 44.5 Å². The molecular weight excluding hydrogens is 637 g/mol. The van der Waals surface area contributed by atoms with E-state index in [4.69, 9.17) is 0 Å². The van der Waals surface area contributed by atoms with Crippen LogP contribution in [0.4, 0.5) is 0 Å². The summed E-state index contributed by atoms with van der Waals surface area (Å²) in [7, 11) is 0. The highest BCUT2D eigenvalue weighted by atomic mass is 14.4. The molecule has 0 saturated heterocycles. The number of hydrogen-bond donors (Lipinski definition) is 0. The predicted octanol–water partition coefficient (Wildman–Crippen LogP) is 15.8. The molecule has 0 radical (unpaired) electrons. The molecule has 0 bridgehead atoms. The first-order valence-corrected chi connectivity index (χ1v) is 20.3. The van der Waals surface area contributed by atoms with Gasteiger partial charge < -0.3 is 0 Å². The van der Waals surface area contributed by atoms with E-state index in [0.717, 1.165) is 0 Å². The summed E-state index contributed by atoms with van der Waals surface area (Å²) in [5.74, 6) is 0. The summed E-state index contributed by atoms with van der Waals surface area (Å²) in [6.07, 6.45) is 12.6. The summed E-state index contributed by atoms with van der Waals surface area (Å²) in [6.45, 7) is 4.67. The van der Waals surface area contributed by atoms with Crippen LogP contribution in [-0.4, -0.2) is 0 Å². The summed E-state index contributed by atoms with van der Waals surface area (Å²) in [5.41, 5.74) is 13.7. The van der Waals surface area contributed by atoms with E-state index in [0.29, 0.717) is 0 Å². The molecule has 8 aromatic rings. The van der Waals surface area contributed by atoms with Crippen LogP contribution in [0.3, 0.4) is 0 Å². The van der Waals surface area contributed by atoms with Gasteiger partial charge in [-0.2, -0.15) is 0 Å². The van der Waals surface area contributed by atoms with Crippen LogP contribution in [0.15, 0.2) is 146 Å². The van der Waals surface area contributed by atoms with Crippen molar-refractivity contribution in [3.63, 3.8) is 0 Å².